The average molecular weight is 265 g/mol. The van der Waals surface area contributed by atoms with Crippen molar-refractivity contribution < 1.29 is 24.0 Å². The van der Waals surface area contributed by atoms with Crippen LogP contribution in [-0.2, 0) is 14.4 Å². The molecule has 0 atom stereocenters. The maximum Gasteiger partial charge on any atom is 0.339 e. The van der Waals surface area contributed by atoms with Crippen LogP contribution >= 0.6 is 0 Å². The highest BCUT2D eigenvalue weighted by Crippen LogP contribution is 1.95. The zero-order valence-corrected chi connectivity index (χ0v) is 9.84. The van der Waals surface area contributed by atoms with Crippen molar-refractivity contribution in [3.8, 4) is 0 Å². The van der Waals surface area contributed by atoms with Gasteiger partial charge in [-0.3, -0.25) is 25.0 Å². The lowest BCUT2D eigenvalue weighted by molar-refractivity contribution is -0.121. The van der Waals surface area contributed by atoms with Crippen LogP contribution in [0.5, 0.6) is 0 Å². The second kappa shape index (κ2) is 7.33. The zero-order valence-electron chi connectivity index (χ0n) is 9.84. The quantitative estimate of drug-likeness (QED) is 0.689. The van der Waals surface area contributed by atoms with Crippen LogP contribution in [0.4, 0.5) is 9.59 Å². The van der Waals surface area contributed by atoms with Gasteiger partial charge in [0.05, 0.1) is 0 Å². The van der Waals surface area contributed by atoms with E-state index in [1.54, 1.807) is 10.6 Å². The normalized spacial score (nSPS) is 8.63. The van der Waals surface area contributed by atoms with Crippen LogP contribution in [0.2, 0.25) is 0 Å². The molecule has 0 fully saturated rings. The Morgan fingerprint density at radius 1 is 0.737 bits per heavy atom. The van der Waals surface area contributed by atoms with Crippen molar-refractivity contribution in [2.45, 2.75) is 0 Å². The summed E-state index contributed by atoms with van der Waals surface area (Å²) in [6, 6.07) is -2.69. The molecule has 0 rings (SSSR count). The Kier molecular flexibility index (Phi) is 6.16. The number of rotatable bonds is 3. The summed E-state index contributed by atoms with van der Waals surface area (Å²) in [5, 5.41) is 3.36. The Balaban J connectivity index is 5.10. The molecule has 0 radical (unpaired) electrons. The van der Waals surface area contributed by atoms with Gasteiger partial charge in [0, 0.05) is 0 Å². The lowest BCUT2D eigenvalue weighted by atomic mass is 10.5. The molecule has 19 heavy (non-hydrogen) atoms. The molecule has 0 aliphatic heterocycles. The van der Waals surface area contributed by atoms with Gasteiger partial charge in [-0.15, -0.1) is 0 Å². The van der Waals surface area contributed by atoms with Crippen LogP contribution in [0.3, 0.4) is 0 Å². The smallest absolute Gasteiger partial charge is 0.274 e. The topological polar surface area (TPSA) is 113 Å². The Morgan fingerprint density at radius 3 is 1.37 bits per heavy atom. The summed E-state index contributed by atoms with van der Waals surface area (Å²) in [6.45, 7) is 9.26. The first-order chi connectivity index (χ1) is 8.87. The molecule has 8 heteroatoms. The summed E-state index contributed by atoms with van der Waals surface area (Å²) < 4.78 is 0. The van der Waals surface area contributed by atoms with Gasteiger partial charge in [0.2, 0.25) is 0 Å². The zero-order chi connectivity index (χ0) is 15.0. The predicted molar refractivity (Wildman–Crippen MR) is 64.5 cm³/mol. The maximum absolute atomic E-state index is 11.5. The highest BCUT2D eigenvalue weighted by molar-refractivity contribution is 6.19. The number of imide groups is 5. The van der Waals surface area contributed by atoms with Crippen molar-refractivity contribution in [3.05, 3.63) is 38.0 Å². The van der Waals surface area contributed by atoms with Crippen molar-refractivity contribution >= 4 is 29.8 Å². The van der Waals surface area contributed by atoms with Crippen LogP contribution in [0.1, 0.15) is 0 Å². The maximum atomic E-state index is 11.5. The number of hydrogen-bond acceptors (Lipinski definition) is 5. The molecule has 2 N–H and O–H groups in total. The van der Waals surface area contributed by atoms with Gasteiger partial charge in [-0.25, -0.2) is 9.59 Å². The number of amides is 7. The van der Waals surface area contributed by atoms with E-state index >= 15 is 0 Å². The molecule has 0 saturated carbocycles. The molecule has 0 aliphatic carbocycles. The van der Waals surface area contributed by atoms with Gasteiger partial charge in [0.15, 0.2) is 0 Å². The van der Waals surface area contributed by atoms with Gasteiger partial charge in [-0.1, -0.05) is 19.7 Å². The molecule has 0 heterocycles. The standard InChI is InChI=1S/C11H11N3O5/c1-4-7(15)12-10(18)14(9(17)6-3)11(19)13-8(16)5-2/h4-6H,1-3H2,(H,12,15,18)(H,13,16,19). The minimum absolute atomic E-state index is 0.00417. The second-order valence-corrected chi connectivity index (χ2v) is 2.87. The van der Waals surface area contributed by atoms with Crippen molar-refractivity contribution in [3.63, 3.8) is 0 Å². The molecular weight excluding hydrogens is 254 g/mol. The van der Waals surface area contributed by atoms with Gasteiger partial charge in [0.1, 0.15) is 0 Å². The number of hydrogen-bond donors (Lipinski definition) is 2. The highest BCUT2D eigenvalue weighted by Gasteiger charge is 2.28. The summed E-state index contributed by atoms with van der Waals surface area (Å²) in [4.78, 5) is 56.2. The Bertz CT molecular complexity index is 447. The van der Waals surface area contributed by atoms with E-state index in [0.29, 0.717) is 6.08 Å². The van der Waals surface area contributed by atoms with Crippen LogP contribution in [0.25, 0.3) is 0 Å². The van der Waals surface area contributed by atoms with Gasteiger partial charge >= 0.3 is 12.1 Å². The largest absolute Gasteiger partial charge is 0.339 e. The first-order valence-electron chi connectivity index (χ1n) is 4.78. The molecule has 7 amide bonds. The SMILES string of the molecule is C=CC(=O)NC(=O)N(C(=O)C=C)C(=O)NC(=O)C=C. The monoisotopic (exact) mass is 265 g/mol. The first kappa shape index (κ1) is 16.0. The Morgan fingerprint density at radius 2 is 1.11 bits per heavy atom. The van der Waals surface area contributed by atoms with Crippen LogP contribution in [0, 0.1) is 0 Å². The molecule has 0 aromatic heterocycles. The number of nitrogens with zero attached hydrogens (tertiary/aromatic N) is 1. The number of nitrogens with one attached hydrogen (secondary N) is 2. The molecular formula is C11H11N3O5. The Hall–Kier alpha value is -3.03. The van der Waals surface area contributed by atoms with Crippen molar-refractivity contribution in [2.75, 3.05) is 0 Å². The Labute approximate surface area is 108 Å². The molecule has 8 nitrogen and oxygen atoms in total. The van der Waals surface area contributed by atoms with E-state index in [4.69, 9.17) is 0 Å². The highest BCUT2D eigenvalue weighted by atomic mass is 16.2. The van der Waals surface area contributed by atoms with E-state index in [-0.39, 0.29) is 4.90 Å². The fraction of sp³-hybridized carbons (Fsp3) is 0. The average Bonchev–Trinajstić information content (AvgIpc) is 2.37. The summed E-state index contributed by atoms with van der Waals surface area (Å²) in [5.41, 5.74) is 0. The molecule has 0 aromatic rings. The minimum Gasteiger partial charge on any atom is -0.274 e. The fourth-order valence-electron chi connectivity index (χ4n) is 0.808. The third kappa shape index (κ3) is 4.77. The number of urea groups is 2. The van der Waals surface area contributed by atoms with Crippen molar-refractivity contribution in [1.29, 1.82) is 0 Å². The van der Waals surface area contributed by atoms with Crippen molar-refractivity contribution in [2.24, 2.45) is 0 Å². The molecule has 0 bridgehead atoms. The molecule has 0 spiro atoms. The van der Waals surface area contributed by atoms with E-state index in [0.717, 1.165) is 12.2 Å². The lowest BCUT2D eigenvalue weighted by Gasteiger charge is -2.16. The summed E-state index contributed by atoms with van der Waals surface area (Å²) >= 11 is 0. The van der Waals surface area contributed by atoms with Crippen LogP contribution in [-0.4, -0.2) is 34.7 Å². The van der Waals surface area contributed by atoms with Gasteiger partial charge in [-0.05, 0) is 18.2 Å². The molecule has 0 aromatic carbocycles. The van der Waals surface area contributed by atoms with E-state index < -0.39 is 29.8 Å². The summed E-state index contributed by atoms with van der Waals surface area (Å²) in [7, 11) is 0. The summed E-state index contributed by atoms with van der Waals surface area (Å²) in [5.74, 6) is -2.96. The molecule has 0 saturated heterocycles. The van der Waals surface area contributed by atoms with Gasteiger partial charge < -0.3 is 0 Å². The molecule has 0 aliphatic rings. The predicted octanol–water partition coefficient (Wildman–Crippen LogP) is -0.155. The van der Waals surface area contributed by atoms with E-state index in [1.807, 2.05) is 0 Å². The fourth-order valence-corrected chi connectivity index (χ4v) is 0.808. The summed E-state index contributed by atoms with van der Waals surface area (Å²) in [6.07, 6.45) is 2.19. The first-order valence-corrected chi connectivity index (χ1v) is 4.78. The third-order valence-corrected chi connectivity index (χ3v) is 1.63. The minimum atomic E-state index is -1.34. The van der Waals surface area contributed by atoms with Gasteiger partial charge in [-0.2, -0.15) is 4.90 Å². The number of carbonyl (C=O) groups excluding carboxylic acids is 5. The molecule has 100 valence electrons. The number of carbonyl (C=O) groups is 5. The molecule has 0 unspecified atom stereocenters. The van der Waals surface area contributed by atoms with E-state index in [9.17, 15) is 24.0 Å². The van der Waals surface area contributed by atoms with E-state index in [2.05, 4.69) is 19.7 Å². The second-order valence-electron chi connectivity index (χ2n) is 2.87. The van der Waals surface area contributed by atoms with E-state index in [1.165, 1.54) is 0 Å². The van der Waals surface area contributed by atoms with Gasteiger partial charge in [0.25, 0.3) is 17.7 Å². The van der Waals surface area contributed by atoms with Crippen molar-refractivity contribution in [1.82, 2.24) is 15.5 Å². The lowest BCUT2D eigenvalue weighted by Crippen LogP contribution is -2.53. The van der Waals surface area contributed by atoms with Crippen LogP contribution < -0.4 is 10.6 Å². The third-order valence-electron chi connectivity index (χ3n) is 1.63. The van der Waals surface area contributed by atoms with Crippen LogP contribution in [0.15, 0.2) is 38.0 Å².